The molecule has 1 rings (SSSR count). The number of carbonyl (C=O) groups is 2. The zero-order valence-electron chi connectivity index (χ0n) is 18.0. The highest BCUT2D eigenvalue weighted by Gasteiger charge is 2.56. The lowest BCUT2D eigenvalue weighted by Gasteiger charge is -2.51. The standard InChI is InChI=1S/C18H32BrNO4S3Si/c1-10(24-28(8,9)18(5,6)7)11-13(21)20(12(19)15(22)23)14(11)26-16(25)27-17(2,3)4/h10-12,14H,1-9H3,(H,22,23)/t10-,11+,12-,14-/m1/s1. The minimum absolute atomic E-state index is 0.0206. The molecule has 28 heavy (non-hydrogen) atoms. The number of thiocarbonyl (C=S) groups is 1. The third-order valence-electron chi connectivity index (χ3n) is 4.97. The van der Waals surface area contributed by atoms with Crippen LogP contribution in [-0.4, -0.2) is 54.9 Å². The quantitative estimate of drug-likeness (QED) is 0.159. The average Bonchev–Trinajstić information content (AvgIpc) is 2.42. The summed E-state index contributed by atoms with van der Waals surface area (Å²) >= 11 is 11.6. The molecule has 1 fully saturated rings. The molecule has 0 aromatic heterocycles. The van der Waals surface area contributed by atoms with Crippen LogP contribution < -0.4 is 0 Å². The van der Waals surface area contributed by atoms with E-state index in [2.05, 4.69) is 70.6 Å². The number of alkyl halides is 1. The van der Waals surface area contributed by atoms with Gasteiger partial charge in [0.2, 0.25) is 5.91 Å². The fourth-order valence-corrected chi connectivity index (χ4v) is 8.37. The molecule has 1 heterocycles. The number of carboxylic acids is 1. The highest BCUT2D eigenvalue weighted by atomic mass is 79.9. The number of aliphatic carboxylic acids is 1. The Labute approximate surface area is 192 Å². The van der Waals surface area contributed by atoms with E-state index in [1.54, 1.807) is 11.8 Å². The predicted molar refractivity (Wildman–Crippen MR) is 130 cm³/mol. The van der Waals surface area contributed by atoms with Gasteiger partial charge in [0, 0.05) is 4.75 Å². The van der Waals surface area contributed by atoms with Crippen LogP contribution in [0, 0.1) is 5.92 Å². The SMILES string of the molecule is C[C@@H](O[Si](C)(C)C(C)(C)C)[C@H]1C(=O)N([C@@H](Br)C(=O)O)[C@@H]1SC(=S)SC(C)(C)C. The van der Waals surface area contributed by atoms with Crippen LogP contribution in [0.4, 0.5) is 0 Å². The molecule has 0 radical (unpaired) electrons. The van der Waals surface area contributed by atoms with Gasteiger partial charge in [-0.15, -0.1) is 11.8 Å². The smallest absolute Gasteiger partial charge is 0.337 e. The summed E-state index contributed by atoms with van der Waals surface area (Å²) in [5.41, 5.74) is 0. The predicted octanol–water partition coefficient (Wildman–Crippen LogP) is 5.54. The molecule has 10 heteroatoms. The second kappa shape index (κ2) is 9.26. The lowest BCUT2D eigenvalue weighted by molar-refractivity contribution is -0.163. The van der Waals surface area contributed by atoms with Gasteiger partial charge in [0.05, 0.1) is 17.4 Å². The number of nitrogens with zero attached hydrogens (tertiary/aromatic N) is 1. The van der Waals surface area contributed by atoms with Crippen LogP contribution >= 0.6 is 51.7 Å². The summed E-state index contributed by atoms with van der Waals surface area (Å²) in [6, 6.07) is 0. The molecule has 0 aromatic carbocycles. The second-order valence-corrected chi connectivity index (χ2v) is 19.3. The normalized spacial score (nSPS) is 23.2. The number of halogens is 1. The van der Waals surface area contributed by atoms with Crippen LogP contribution in [0.2, 0.25) is 18.1 Å². The van der Waals surface area contributed by atoms with Gasteiger partial charge in [-0.05, 0) is 25.1 Å². The van der Waals surface area contributed by atoms with E-state index in [0.717, 1.165) is 0 Å². The minimum atomic E-state index is -2.07. The van der Waals surface area contributed by atoms with Crippen molar-refractivity contribution in [1.29, 1.82) is 0 Å². The van der Waals surface area contributed by atoms with Gasteiger partial charge in [-0.2, -0.15) is 0 Å². The van der Waals surface area contributed by atoms with Gasteiger partial charge in [-0.1, -0.05) is 81.5 Å². The first-order valence-electron chi connectivity index (χ1n) is 9.15. The fourth-order valence-electron chi connectivity index (χ4n) is 2.52. The van der Waals surface area contributed by atoms with Crippen LogP contribution in [-0.2, 0) is 14.0 Å². The summed E-state index contributed by atoms with van der Waals surface area (Å²) in [5.74, 6) is -1.72. The van der Waals surface area contributed by atoms with E-state index in [1.807, 2.05) is 6.92 Å². The van der Waals surface area contributed by atoms with Crippen molar-refractivity contribution in [3.05, 3.63) is 0 Å². The Morgan fingerprint density at radius 1 is 1.29 bits per heavy atom. The second-order valence-electron chi connectivity index (χ2n) is 9.50. The van der Waals surface area contributed by atoms with Crippen molar-refractivity contribution in [2.75, 3.05) is 0 Å². The van der Waals surface area contributed by atoms with Gasteiger partial charge < -0.3 is 14.4 Å². The molecule has 1 amide bonds. The number of hydrogen-bond donors (Lipinski definition) is 1. The van der Waals surface area contributed by atoms with Crippen molar-refractivity contribution in [1.82, 2.24) is 4.90 Å². The Kier molecular flexibility index (Phi) is 8.74. The van der Waals surface area contributed by atoms with E-state index in [1.165, 1.54) is 16.7 Å². The molecule has 1 saturated heterocycles. The van der Waals surface area contributed by atoms with Crippen LogP contribution in [0.15, 0.2) is 0 Å². The number of carboxylic acid groups (broad SMARTS) is 1. The van der Waals surface area contributed by atoms with Gasteiger partial charge >= 0.3 is 5.97 Å². The zero-order chi connectivity index (χ0) is 22.2. The highest BCUT2D eigenvalue weighted by Crippen LogP contribution is 2.46. The summed E-state index contributed by atoms with van der Waals surface area (Å²) < 4.78 is 7.09. The Balaban J connectivity index is 3.06. The Morgan fingerprint density at radius 2 is 1.79 bits per heavy atom. The van der Waals surface area contributed by atoms with Crippen LogP contribution in [0.3, 0.4) is 0 Å². The first-order valence-corrected chi connectivity index (χ1v) is 15.1. The van der Waals surface area contributed by atoms with E-state index in [9.17, 15) is 14.7 Å². The van der Waals surface area contributed by atoms with Crippen LogP contribution in [0.5, 0.6) is 0 Å². The monoisotopic (exact) mass is 529 g/mol. The van der Waals surface area contributed by atoms with E-state index >= 15 is 0 Å². The highest BCUT2D eigenvalue weighted by molar-refractivity contribution is 9.09. The van der Waals surface area contributed by atoms with E-state index in [0.29, 0.717) is 3.53 Å². The van der Waals surface area contributed by atoms with Crippen molar-refractivity contribution in [3.8, 4) is 0 Å². The number of likely N-dealkylation sites (tertiary alicyclic amines) is 1. The Bertz CT molecular complexity index is 633. The molecule has 162 valence electrons. The molecule has 4 atom stereocenters. The molecule has 1 aliphatic rings. The van der Waals surface area contributed by atoms with E-state index in [-0.39, 0.29) is 27.2 Å². The van der Waals surface area contributed by atoms with Crippen molar-refractivity contribution in [2.24, 2.45) is 5.92 Å². The summed E-state index contributed by atoms with van der Waals surface area (Å²) in [7, 11) is -2.07. The van der Waals surface area contributed by atoms with Crippen LogP contribution in [0.1, 0.15) is 48.5 Å². The number of rotatable bonds is 6. The van der Waals surface area contributed by atoms with Crippen molar-refractivity contribution in [3.63, 3.8) is 0 Å². The number of thioether (sulfide) groups is 2. The summed E-state index contributed by atoms with van der Waals surface area (Å²) in [5, 5.41) is 9.03. The average molecular weight is 531 g/mol. The van der Waals surface area contributed by atoms with Crippen molar-refractivity contribution < 1.29 is 19.1 Å². The first-order chi connectivity index (χ1) is 12.4. The van der Waals surface area contributed by atoms with Crippen molar-refractivity contribution in [2.45, 2.75) is 87.8 Å². The van der Waals surface area contributed by atoms with Gasteiger partial charge in [0.15, 0.2) is 13.3 Å². The molecule has 0 aliphatic carbocycles. The Hall–Kier alpha value is 0.387. The maximum Gasteiger partial charge on any atom is 0.337 e. The summed E-state index contributed by atoms with van der Waals surface area (Å²) in [6.45, 7) is 18.9. The molecule has 0 saturated carbocycles. The van der Waals surface area contributed by atoms with Gasteiger partial charge in [0.1, 0.15) is 3.53 Å². The molecule has 0 spiro atoms. The topological polar surface area (TPSA) is 66.8 Å². The number of carbonyl (C=O) groups excluding carboxylic acids is 1. The number of amides is 1. The maximum atomic E-state index is 12.9. The van der Waals surface area contributed by atoms with E-state index < -0.39 is 25.2 Å². The number of hydrogen-bond acceptors (Lipinski definition) is 6. The third-order valence-corrected chi connectivity index (χ3v) is 13.2. The molecule has 1 N–H and O–H groups in total. The lowest BCUT2D eigenvalue weighted by Crippen LogP contribution is -2.67. The molecule has 0 bridgehead atoms. The largest absolute Gasteiger partial charge is 0.479 e. The van der Waals surface area contributed by atoms with Crippen LogP contribution in [0.25, 0.3) is 0 Å². The Morgan fingerprint density at radius 3 is 2.18 bits per heavy atom. The molecule has 0 aromatic rings. The molecule has 5 nitrogen and oxygen atoms in total. The summed E-state index contributed by atoms with van der Waals surface area (Å²) in [6.07, 6.45) is -0.307. The first kappa shape index (κ1) is 26.4. The van der Waals surface area contributed by atoms with Gasteiger partial charge in [0.25, 0.3) is 0 Å². The third kappa shape index (κ3) is 6.44. The lowest BCUT2D eigenvalue weighted by atomic mass is 9.93. The maximum absolute atomic E-state index is 12.9. The molecule has 1 aliphatic heterocycles. The summed E-state index contributed by atoms with van der Waals surface area (Å²) in [4.78, 5) is 24.6. The fraction of sp³-hybridized carbons (Fsp3) is 0.833. The zero-order valence-corrected chi connectivity index (χ0v) is 23.1. The molecular formula is C18H32BrNO4S3Si. The molecular weight excluding hydrogens is 498 g/mol. The van der Waals surface area contributed by atoms with Gasteiger partial charge in [-0.3, -0.25) is 4.79 Å². The van der Waals surface area contributed by atoms with Crippen molar-refractivity contribution >= 4 is 75.4 Å². The minimum Gasteiger partial charge on any atom is -0.479 e. The number of β-lactam (4-membered cyclic amide) rings is 1. The van der Waals surface area contributed by atoms with E-state index in [4.69, 9.17) is 16.6 Å². The van der Waals surface area contributed by atoms with Gasteiger partial charge in [-0.25, -0.2) is 4.79 Å². The molecule has 0 unspecified atom stereocenters.